The zero-order valence-corrected chi connectivity index (χ0v) is 16.3. The number of benzene rings is 1. The zero-order valence-electron chi connectivity index (χ0n) is 16.3. The fourth-order valence-corrected chi connectivity index (χ4v) is 3.01. The molecule has 2 heterocycles. The molecule has 1 aliphatic heterocycles. The van der Waals surface area contributed by atoms with Gasteiger partial charge in [0, 0.05) is 26.2 Å². The van der Waals surface area contributed by atoms with Gasteiger partial charge in [-0.1, -0.05) is 17.3 Å². The summed E-state index contributed by atoms with van der Waals surface area (Å²) in [5, 5.41) is 11.8. The van der Waals surface area contributed by atoms with E-state index in [1.807, 2.05) is 32.2 Å². The molecule has 1 unspecified atom stereocenters. The van der Waals surface area contributed by atoms with Crippen LogP contribution in [0, 0.1) is 0 Å². The molecule has 7 nitrogen and oxygen atoms in total. The molecule has 1 aromatic heterocycles. The minimum absolute atomic E-state index is 0.0498. The summed E-state index contributed by atoms with van der Waals surface area (Å²) in [6.07, 6.45) is 5.98. The number of ether oxygens (including phenoxy) is 3. The number of hydrogen-bond donors (Lipinski definition) is 1. The molecule has 0 saturated carbocycles. The Kier molecular flexibility index (Phi) is 7.77. The van der Waals surface area contributed by atoms with E-state index in [-0.39, 0.29) is 12.5 Å². The number of rotatable bonds is 10. The van der Waals surface area contributed by atoms with E-state index in [9.17, 15) is 0 Å². The summed E-state index contributed by atoms with van der Waals surface area (Å²) >= 11 is 0. The molecule has 1 aliphatic rings. The van der Waals surface area contributed by atoms with Gasteiger partial charge in [0.15, 0.2) is 6.29 Å². The van der Waals surface area contributed by atoms with Gasteiger partial charge in [0.25, 0.3) is 0 Å². The standard InChI is InChI=1S/C20H30N4O3/c1-3-25-16(2)21-14-17-7-9-19(10-8-17)24-15-18(22-23-24)11-13-27-20-6-4-5-12-26-20/h7-10,15-16,20-21H,3-6,11-14H2,1-2H3/t16-,20?/m0/s1. The van der Waals surface area contributed by atoms with Crippen molar-refractivity contribution in [3.63, 3.8) is 0 Å². The Hall–Kier alpha value is -1.80. The molecule has 1 fully saturated rings. The molecular weight excluding hydrogens is 344 g/mol. The topological polar surface area (TPSA) is 70.4 Å². The Labute approximate surface area is 161 Å². The second kappa shape index (κ2) is 10.5. The SMILES string of the molecule is CCO[C@@H](C)NCc1ccc(-n2cc(CCOC3CCCCO3)nn2)cc1. The molecule has 0 bridgehead atoms. The molecule has 2 aromatic rings. The van der Waals surface area contributed by atoms with Crippen molar-refractivity contribution in [3.8, 4) is 5.69 Å². The van der Waals surface area contributed by atoms with E-state index in [1.165, 1.54) is 12.0 Å². The summed E-state index contributed by atoms with van der Waals surface area (Å²) in [6.45, 7) is 6.89. The van der Waals surface area contributed by atoms with Crippen molar-refractivity contribution in [2.75, 3.05) is 19.8 Å². The minimum Gasteiger partial charge on any atom is -0.364 e. The van der Waals surface area contributed by atoms with Crippen molar-refractivity contribution in [2.24, 2.45) is 0 Å². The van der Waals surface area contributed by atoms with E-state index in [1.54, 1.807) is 4.68 Å². The average molecular weight is 374 g/mol. The van der Waals surface area contributed by atoms with E-state index >= 15 is 0 Å². The number of nitrogens with one attached hydrogen (secondary N) is 1. The van der Waals surface area contributed by atoms with Crippen LogP contribution in [0.2, 0.25) is 0 Å². The van der Waals surface area contributed by atoms with Crippen LogP contribution < -0.4 is 5.32 Å². The highest BCUT2D eigenvalue weighted by molar-refractivity contribution is 5.33. The van der Waals surface area contributed by atoms with Crippen LogP contribution in [-0.2, 0) is 27.2 Å². The molecule has 27 heavy (non-hydrogen) atoms. The van der Waals surface area contributed by atoms with Crippen LogP contribution >= 0.6 is 0 Å². The Morgan fingerprint density at radius 3 is 2.89 bits per heavy atom. The number of nitrogens with zero attached hydrogens (tertiary/aromatic N) is 3. The summed E-state index contributed by atoms with van der Waals surface area (Å²) in [5.41, 5.74) is 3.11. The third-order valence-electron chi connectivity index (χ3n) is 4.55. The lowest BCUT2D eigenvalue weighted by molar-refractivity contribution is -0.161. The lowest BCUT2D eigenvalue weighted by atomic mass is 10.2. The summed E-state index contributed by atoms with van der Waals surface area (Å²) in [5.74, 6) is 0. The smallest absolute Gasteiger partial charge is 0.157 e. The maximum atomic E-state index is 5.76. The Morgan fingerprint density at radius 1 is 1.30 bits per heavy atom. The third-order valence-corrected chi connectivity index (χ3v) is 4.55. The molecule has 0 amide bonds. The molecule has 3 rings (SSSR count). The highest BCUT2D eigenvalue weighted by Gasteiger charge is 2.14. The van der Waals surface area contributed by atoms with Gasteiger partial charge >= 0.3 is 0 Å². The van der Waals surface area contributed by atoms with Crippen LogP contribution in [0.5, 0.6) is 0 Å². The minimum atomic E-state index is -0.0552. The molecule has 7 heteroatoms. The van der Waals surface area contributed by atoms with Crippen molar-refractivity contribution in [1.29, 1.82) is 0 Å². The largest absolute Gasteiger partial charge is 0.364 e. The highest BCUT2D eigenvalue weighted by atomic mass is 16.7. The third kappa shape index (κ3) is 6.39. The molecule has 1 aromatic carbocycles. The molecule has 148 valence electrons. The van der Waals surface area contributed by atoms with Crippen molar-refractivity contribution >= 4 is 0 Å². The first-order valence-corrected chi connectivity index (χ1v) is 9.83. The zero-order chi connectivity index (χ0) is 18.9. The molecular formula is C20H30N4O3. The van der Waals surface area contributed by atoms with Gasteiger partial charge in [-0.05, 0) is 50.8 Å². The van der Waals surface area contributed by atoms with Gasteiger partial charge in [-0.25, -0.2) is 4.68 Å². The van der Waals surface area contributed by atoms with Crippen LogP contribution in [0.4, 0.5) is 0 Å². The van der Waals surface area contributed by atoms with Gasteiger partial charge < -0.3 is 14.2 Å². The highest BCUT2D eigenvalue weighted by Crippen LogP contribution is 2.14. The first kappa shape index (κ1) is 19.9. The van der Waals surface area contributed by atoms with Gasteiger partial charge in [-0.2, -0.15) is 0 Å². The Bertz CT molecular complexity index is 668. The van der Waals surface area contributed by atoms with E-state index in [2.05, 4.69) is 27.8 Å². The summed E-state index contributed by atoms with van der Waals surface area (Å²) in [4.78, 5) is 0. The van der Waals surface area contributed by atoms with Gasteiger partial charge in [0.2, 0.25) is 0 Å². The molecule has 2 atom stereocenters. The van der Waals surface area contributed by atoms with Crippen LogP contribution in [0.3, 0.4) is 0 Å². The molecule has 0 spiro atoms. The Morgan fingerprint density at radius 2 is 2.15 bits per heavy atom. The summed E-state index contributed by atoms with van der Waals surface area (Å²) < 4.78 is 18.6. The van der Waals surface area contributed by atoms with Crippen LogP contribution in [-0.4, -0.2) is 47.3 Å². The lowest BCUT2D eigenvalue weighted by Gasteiger charge is -2.22. The predicted octanol–water partition coefficient (Wildman–Crippen LogP) is 2.83. The summed E-state index contributed by atoms with van der Waals surface area (Å²) in [7, 11) is 0. The van der Waals surface area contributed by atoms with Gasteiger partial charge in [0.05, 0.1) is 24.2 Å². The maximum absolute atomic E-state index is 5.76. The first-order valence-electron chi connectivity index (χ1n) is 9.83. The maximum Gasteiger partial charge on any atom is 0.157 e. The number of hydrogen-bond acceptors (Lipinski definition) is 6. The summed E-state index contributed by atoms with van der Waals surface area (Å²) in [6, 6.07) is 8.28. The quantitative estimate of drug-likeness (QED) is 0.645. The van der Waals surface area contributed by atoms with E-state index in [0.29, 0.717) is 13.2 Å². The van der Waals surface area contributed by atoms with Crippen LogP contribution in [0.25, 0.3) is 5.69 Å². The van der Waals surface area contributed by atoms with Gasteiger partial charge in [-0.3, -0.25) is 5.32 Å². The lowest BCUT2D eigenvalue weighted by Crippen LogP contribution is -2.28. The predicted molar refractivity (Wildman–Crippen MR) is 103 cm³/mol. The Balaban J connectivity index is 1.45. The van der Waals surface area contributed by atoms with Crippen molar-refractivity contribution < 1.29 is 14.2 Å². The fraction of sp³-hybridized carbons (Fsp3) is 0.600. The molecule has 1 N–H and O–H groups in total. The van der Waals surface area contributed by atoms with Crippen molar-refractivity contribution in [1.82, 2.24) is 20.3 Å². The van der Waals surface area contributed by atoms with Gasteiger partial charge in [-0.15, -0.1) is 5.10 Å². The number of aromatic nitrogens is 3. The van der Waals surface area contributed by atoms with Gasteiger partial charge in [0.1, 0.15) is 6.23 Å². The fourth-order valence-electron chi connectivity index (χ4n) is 3.01. The monoisotopic (exact) mass is 374 g/mol. The first-order chi connectivity index (χ1) is 13.2. The van der Waals surface area contributed by atoms with Crippen LogP contribution in [0.1, 0.15) is 44.4 Å². The average Bonchev–Trinajstić information content (AvgIpc) is 3.17. The normalized spacial score (nSPS) is 18.5. The molecule has 0 radical (unpaired) electrons. The van der Waals surface area contributed by atoms with Crippen molar-refractivity contribution in [2.45, 2.75) is 58.6 Å². The molecule has 0 aliphatic carbocycles. The van der Waals surface area contributed by atoms with Crippen molar-refractivity contribution in [3.05, 3.63) is 41.7 Å². The van der Waals surface area contributed by atoms with E-state index < -0.39 is 0 Å². The van der Waals surface area contributed by atoms with E-state index in [0.717, 1.165) is 43.8 Å². The molecule has 1 saturated heterocycles. The second-order valence-corrected chi connectivity index (χ2v) is 6.72. The van der Waals surface area contributed by atoms with Crippen LogP contribution in [0.15, 0.2) is 30.5 Å². The van der Waals surface area contributed by atoms with E-state index in [4.69, 9.17) is 14.2 Å². The second-order valence-electron chi connectivity index (χ2n) is 6.72.